The average Bonchev–Trinajstić information content (AvgIpc) is 3.45. The number of halogens is 1. The molecule has 0 aliphatic heterocycles. The molecule has 2 aromatic carbocycles. The van der Waals surface area contributed by atoms with Gasteiger partial charge in [-0.2, -0.15) is 5.10 Å². The summed E-state index contributed by atoms with van der Waals surface area (Å²) in [6.07, 6.45) is 4.21. The fourth-order valence-electron chi connectivity index (χ4n) is 6.10. The Bertz CT molecular complexity index is 1390. The van der Waals surface area contributed by atoms with E-state index in [4.69, 9.17) is 0 Å². The van der Waals surface area contributed by atoms with Crippen LogP contribution < -0.4 is 0 Å². The molecule has 0 unspecified atom stereocenters. The zero-order chi connectivity index (χ0) is 21.5. The highest BCUT2D eigenvalue weighted by molar-refractivity contribution is 6.01. The number of aromatic nitrogens is 3. The normalized spacial score (nSPS) is 24.6. The number of H-pyrrole nitrogens is 1. The van der Waals surface area contributed by atoms with E-state index < -0.39 is 5.97 Å². The fourth-order valence-corrected chi connectivity index (χ4v) is 6.10. The molecule has 2 bridgehead atoms. The lowest BCUT2D eigenvalue weighted by Crippen LogP contribution is -2.33. The number of nitrogens with one attached hydrogen (secondary N) is 1. The van der Waals surface area contributed by atoms with Gasteiger partial charge in [-0.15, -0.1) is 0 Å². The molecule has 3 aliphatic carbocycles. The molecule has 7 rings (SSSR count). The van der Waals surface area contributed by atoms with Crippen molar-refractivity contribution in [3.63, 3.8) is 0 Å². The quantitative estimate of drug-likeness (QED) is 0.467. The number of aliphatic carboxylic acids is 1. The van der Waals surface area contributed by atoms with Crippen molar-refractivity contribution in [3.8, 4) is 5.69 Å². The van der Waals surface area contributed by atoms with E-state index in [-0.39, 0.29) is 23.1 Å². The van der Waals surface area contributed by atoms with E-state index in [2.05, 4.69) is 33.5 Å². The molecule has 4 aromatic rings. The van der Waals surface area contributed by atoms with Crippen molar-refractivity contribution >= 4 is 33.3 Å². The zero-order valence-corrected chi connectivity index (χ0v) is 17.2. The van der Waals surface area contributed by atoms with Crippen molar-refractivity contribution in [2.45, 2.75) is 31.6 Å². The molecule has 3 fully saturated rings. The molecule has 156 valence electrons. The highest BCUT2D eigenvalue weighted by Crippen LogP contribution is 2.65. The second kappa shape index (κ2) is 6.06. The number of nitrogens with zero attached hydrogens (tertiary/aromatic N) is 2. The van der Waals surface area contributed by atoms with Crippen LogP contribution in [0.15, 0.2) is 49.2 Å². The van der Waals surface area contributed by atoms with Crippen molar-refractivity contribution in [2.75, 3.05) is 0 Å². The van der Waals surface area contributed by atoms with Crippen molar-refractivity contribution in [2.24, 2.45) is 11.8 Å². The first-order valence-corrected chi connectivity index (χ1v) is 10.5. The highest BCUT2D eigenvalue weighted by atomic mass is 19.1. The number of carboxylic acids is 1. The molecule has 3 aliphatic rings. The topological polar surface area (TPSA) is 70.9 Å². The standard InChI is InChI=1S/C25H22FN3O2/c1-13(2)23-22(25-9-15(10-25)19(11-25)24(30)31)18-8-20-14(12-27-28-20)7-21(18)29(23)17-5-3-16(26)4-6-17/h3-8,12,15,19H,1,9-11H2,2H3,(H,27,28)(H,30,31)/t15?,19-,25?/m0/s1. The lowest BCUT2D eigenvalue weighted by Gasteiger charge is -2.39. The van der Waals surface area contributed by atoms with Gasteiger partial charge >= 0.3 is 5.97 Å². The van der Waals surface area contributed by atoms with E-state index in [1.807, 2.05) is 6.92 Å². The van der Waals surface area contributed by atoms with Crippen molar-refractivity contribution in [1.82, 2.24) is 14.8 Å². The molecule has 0 amide bonds. The van der Waals surface area contributed by atoms with Crippen LogP contribution in [0.4, 0.5) is 4.39 Å². The van der Waals surface area contributed by atoms with Crippen LogP contribution >= 0.6 is 0 Å². The Morgan fingerprint density at radius 1 is 1.26 bits per heavy atom. The summed E-state index contributed by atoms with van der Waals surface area (Å²) in [7, 11) is 0. The summed E-state index contributed by atoms with van der Waals surface area (Å²) < 4.78 is 15.8. The molecule has 2 heterocycles. The van der Waals surface area contributed by atoms with Gasteiger partial charge < -0.3 is 9.67 Å². The Morgan fingerprint density at radius 3 is 2.65 bits per heavy atom. The molecule has 5 nitrogen and oxygen atoms in total. The number of carboxylic acid groups (broad SMARTS) is 1. The van der Waals surface area contributed by atoms with Crippen molar-refractivity contribution < 1.29 is 14.3 Å². The largest absolute Gasteiger partial charge is 0.481 e. The second-order valence-electron chi connectivity index (χ2n) is 9.24. The van der Waals surface area contributed by atoms with Crippen LogP contribution in [0.3, 0.4) is 0 Å². The van der Waals surface area contributed by atoms with E-state index in [0.717, 1.165) is 51.6 Å². The van der Waals surface area contributed by atoms with Crippen LogP contribution in [0.5, 0.6) is 0 Å². The Labute approximate surface area is 178 Å². The van der Waals surface area contributed by atoms with Crippen LogP contribution in [0, 0.1) is 17.7 Å². The molecule has 1 atom stereocenters. The van der Waals surface area contributed by atoms with Gasteiger partial charge in [-0.25, -0.2) is 4.39 Å². The third-order valence-electron chi connectivity index (χ3n) is 7.35. The van der Waals surface area contributed by atoms with Gasteiger partial charge in [-0.1, -0.05) is 6.58 Å². The van der Waals surface area contributed by atoms with E-state index in [1.54, 1.807) is 18.3 Å². The Balaban J connectivity index is 1.70. The highest BCUT2D eigenvalue weighted by Gasteiger charge is 2.60. The molecule has 0 radical (unpaired) electrons. The van der Waals surface area contributed by atoms with Gasteiger partial charge in [0, 0.05) is 16.5 Å². The summed E-state index contributed by atoms with van der Waals surface area (Å²) in [5.74, 6) is -1.04. The predicted octanol–water partition coefficient (Wildman–Crippen LogP) is 5.43. The molecule has 31 heavy (non-hydrogen) atoms. The molecule has 0 spiro atoms. The third kappa shape index (κ3) is 2.42. The van der Waals surface area contributed by atoms with Crippen LogP contribution in [0.1, 0.15) is 37.4 Å². The molecule has 6 heteroatoms. The number of carbonyl (C=O) groups is 1. The van der Waals surface area contributed by atoms with Gasteiger partial charge in [-0.05, 0) is 85.1 Å². The van der Waals surface area contributed by atoms with Gasteiger partial charge in [0.25, 0.3) is 0 Å². The summed E-state index contributed by atoms with van der Waals surface area (Å²) in [5.41, 5.74) is 5.73. The molecule has 3 saturated carbocycles. The van der Waals surface area contributed by atoms with Crippen LogP contribution in [0.2, 0.25) is 0 Å². The van der Waals surface area contributed by atoms with Gasteiger partial charge in [-0.3, -0.25) is 9.89 Å². The zero-order valence-electron chi connectivity index (χ0n) is 17.2. The fraction of sp³-hybridized carbons (Fsp3) is 0.280. The summed E-state index contributed by atoms with van der Waals surface area (Å²) in [6, 6.07) is 10.7. The first kappa shape index (κ1) is 18.4. The third-order valence-corrected chi connectivity index (χ3v) is 7.35. The summed E-state index contributed by atoms with van der Waals surface area (Å²) in [5, 5.41) is 19.0. The minimum atomic E-state index is -0.695. The number of hydrogen-bond donors (Lipinski definition) is 2. The number of aromatic amines is 1. The minimum absolute atomic E-state index is 0.167. The summed E-state index contributed by atoms with van der Waals surface area (Å²) in [6.45, 7) is 6.27. The van der Waals surface area contributed by atoms with E-state index in [0.29, 0.717) is 6.42 Å². The van der Waals surface area contributed by atoms with Gasteiger partial charge in [0.1, 0.15) is 5.82 Å². The van der Waals surface area contributed by atoms with Crippen LogP contribution in [0.25, 0.3) is 33.1 Å². The number of rotatable bonds is 4. The SMILES string of the molecule is C=C(C)c1c(C23CC(C2)[C@@H](C(=O)O)C3)c2cc3[nH]ncc3cc2n1-c1ccc(F)cc1. The maximum absolute atomic E-state index is 13.7. The number of allylic oxidation sites excluding steroid dienone is 1. The summed E-state index contributed by atoms with van der Waals surface area (Å²) in [4.78, 5) is 11.8. The molecule has 2 aromatic heterocycles. The summed E-state index contributed by atoms with van der Waals surface area (Å²) >= 11 is 0. The second-order valence-corrected chi connectivity index (χ2v) is 9.24. The monoisotopic (exact) mass is 415 g/mol. The minimum Gasteiger partial charge on any atom is -0.481 e. The number of benzene rings is 2. The van der Waals surface area contributed by atoms with Gasteiger partial charge in [0.2, 0.25) is 0 Å². The number of hydrogen-bond acceptors (Lipinski definition) is 2. The van der Waals surface area contributed by atoms with Gasteiger partial charge in [0.15, 0.2) is 0 Å². The van der Waals surface area contributed by atoms with Crippen LogP contribution in [-0.4, -0.2) is 25.8 Å². The van der Waals surface area contributed by atoms with Crippen LogP contribution in [-0.2, 0) is 10.2 Å². The average molecular weight is 415 g/mol. The Hall–Kier alpha value is -3.41. The Kier molecular flexibility index (Phi) is 3.59. The maximum Gasteiger partial charge on any atom is 0.306 e. The molecular weight excluding hydrogens is 393 g/mol. The first-order valence-electron chi connectivity index (χ1n) is 10.5. The van der Waals surface area contributed by atoms with Crippen molar-refractivity contribution in [1.29, 1.82) is 0 Å². The lowest BCUT2D eigenvalue weighted by atomic mass is 9.64. The van der Waals surface area contributed by atoms with E-state index in [1.165, 1.54) is 17.7 Å². The maximum atomic E-state index is 13.7. The van der Waals surface area contributed by atoms with Crippen molar-refractivity contribution in [3.05, 3.63) is 66.2 Å². The smallest absolute Gasteiger partial charge is 0.306 e. The van der Waals surface area contributed by atoms with Gasteiger partial charge in [0.05, 0.1) is 28.8 Å². The molecule has 2 N–H and O–H groups in total. The number of fused-ring (bicyclic) bond motifs is 3. The lowest BCUT2D eigenvalue weighted by molar-refractivity contribution is -0.142. The Morgan fingerprint density at radius 2 is 2.00 bits per heavy atom. The van der Waals surface area contributed by atoms with E-state index >= 15 is 0 Å². The molecular formula is C25H22FN3O2. The molecule has 0 saturated heterocycles. The van der Waals surface area contributed by atoms with E-state index in [9.17, 15) is 14.3 Å². The first-order chi connectivity index (χ1) is 14.9. The predicted molar refractivity (Wildman–Crippen MR) is 118 cm³/mol.